The molecule has 0 radical (unpaired) electrons. The van der Waals surface area contributed by atoms with Crippen molar-refractivity contribution < 1.29 is 29.0 Å². The summed E-state index contributed by atoms with van der Waals surface area (Å²) in [6.45, 7) is 10.8. The van der Waals surface area contributed by atoms with Gasteiger partial charge in [0.15, 0.2) is 0 Å². The first-order valence-corrected chi connectivity index (χ1v) is 11.2. The van der Waals surface area contributed by atoms with Gasteiger partial charge in [-0.05, 0) is 59.2 Å². The Morgan fingerprint density at radius 3 is 1.95 bits per heavy atom. The smallest absolute Gasteiger partial charge is 0.311 e. The fourth-order valence-corrected chi connectivity index (χ4v) is 3.77. The molecule has 1 aromatic carbocycles. The summed E-state index contributed by atoms with van der Waals surface area (Å²) in [4.78, 5) is 39.3. The summed E-state index contributed by atoms with van der Waals surface area (Å²) in [7, 11) is 2.00. The van der Waals surface area contributed by atoms with E-state index in [0.29, 0.717) is 6.61 Å². The standard InChI is InChI=1S/C25H39NO6.6CH4/c1-7-26(6)14-11-15-31-21(27)19(2)16-25(5,22(28)29)18-24(3,4)23(30)32-17-20-12-9-8-10-13-20;;;;;;/h8-10,12-13,19H,7,11,14-18H2,1-6H3,(H,28,29);6*1H4. The second kappa shape index (κ2) is 22.6. The van der Waals surface area contributed by atoms with Crippen LogP contribution >= 0.6 is 0 Å². The zero-order chi connectivity index (χ0) is 24.4. The quantitative estimate of drug-likeness (QED) is 0.187. The van der Waals surface area contributed by atoms with Crippen molar-refractivity contribution in [2.24, 2.45) is 16.7 Å². The highest BCUT2D eigenvalue weighted by molar-refractivity contribution is 5.80. The predicted octanol–water partition coefficient (Wildman–Crippen LogP) is 7.96. The van der Waals surface area contributed by atoms with Gasteiger partial charge in [-0.1, -0.05) is 88.7 Å². The van der Waals surface area contributed by atoms with Crippen molar-refractivity contribution >= 4 is 17.9 Å². The van der Waals surface area contributed by atoms with Crippen LogP contribution in [0.3, 0.4) is 0 Å². The number of hydrogen-bond donors (Lipinski definition) is 1. The maximum Gasteiger partial charge on any atom is 0.311 e. The first-order chi connectivity index (χ1) is 14.9. The van der Waals surface area contributed by atoms with Gasteiger partial charge in [-0.2, -0.15) is 0 Å². The molecule has 1 rings (SSSR count). The molecule has 1 aromatic rings. The molecule has 0 aliphatic heterocycles. The number of hydrogen-bond acceptors (Lipinski definition) is 6. The van der Waals surface area contributed by atoms with Crippen LogP contribution in [0.1, 0.15) is 104 Å². The van der Waals surface area contributed by atoms with Crippen molar-refractivity contribution in [2.45, 2.75) is 105 Å². The molecule has 0 saturated carbocycles. The summed E-state index contributed by atoms with van der Waals surface area (Å²) in [5.41, 5.74) is -1.45. The molecule has 38 heavy (non-hydrogen) atoms. The number of aliphatic carboxylic acids is 1. The minimum Gasteiger partial charge on any atom is -0.481 e. The lowest BCUT2D eigenvalue weighted by Gasteiger charge is -2.34. The molecular weight excluding hydrogens is 482 g/mol. The minimum atomic E-state index is -1.28. The first-order valence-electron chi connectivity index (χ1n) is 11.2. The number of carbonyl (C=O) groups is 3. The van der Waals surface area contributed by atoms with E-state index in [9.17, 15) is 19.5 Å². The number of ether oxygens (including phenoxy) is 2. The first kappa shape index (κ1) is 48.6. The molecule has 0 amide bonds. The Balaban J connectivity index is -0.000000427. The Morgan fingerprint density at radius 1 is 0.947 bits per heavy atom. The van der Waals surface area contributed by atoms with Crippen LogP contribution in [-0.2, 0) is 30.5 Å². The van der Waals surface area contributed by atoms with Crippen LogP contribution in [0.4, 0.5) is 0 Å². The maximum absolute atomic E-state index is 12.7. The lowest BCUT2D eigenvalue weighted by molar-refractivity contribution is -0.162. The summed E-state index contributed by atoms with van der Waals surface area (Å²) >= 11 is 0. The maximum atomic E-state index is 12.7. The summed E-state index contributed by atoms with van der Waals surface area (Å²) in [6.07, 6.45) is 0.840. The number of carboxylic acid groups (broad SMARTS) is 1. The molecule has 0 spiro atoms. The molecule has 2 unspecified atom stereocenters. The van der Waals surface area contributed by atoms with Crippen molar-refractivity contribution in [3.63, 3.8) is 0 Å². The van der Waals surface area contributed by atoms with Gasteiger partial charge < -0.3 is 19.5 Å². The Kier molecular flexibility index (Phi) is 28.9. The Labute approximate surface area is 236 Å². The summed E-state index contributed by atoms with van der Waals surface area (Å²) in [6, 6.07) is 9.31. The van der Waals surface area contributed by atoms with E-state index < -0.39 is 34.7 Å². The molecule has 2 atom stereocenters. The van der Waals surface area contributed by atoms with Crippen LogP contribution in [-0.4, -0.2) is 54.7 Å². The number of esters is 2. The fourth-order valence-electron chi connectivity index (χ4n) is 3.77. The average Bonchev–Trinajstić information content (AvgIpc) is 2.74. The van der Waals surface area contributed by atoms with Gasteiger partial charge in [0, 0.05) is 6.54 Å². The van der Waals surface area contributed by atoms with Crippen LogP contribution in [0, 0.1) is 16.7 Å². The topological polar surface area (TPSA) is 93.1 Å². The highest BCUT2D eigenvalue weighted by Crippen LogP contribution is 2.40. The average molecular weight is 546 g/mol. The number of carbonyl (C=O) groups excluding carboxylic acids is 2. The molecule has 0 bridgehead atoms. The van der Waals surface area contributed by atoms with Crippen LogP contribution in [0.15, 0.2) is 30.3 Å². The predicted molar refractivity (Wildman–Crippen MR) is 163 cm³/mol. The van der Waals surface area contributed by atoms with Gasteiger partial charge in [0.05, 0.1) is 23.4 Å². The van der Waals surface area contributed by atoms with E-state index in [4.69, 9.17) is 9.47 Å². The fraction of sp³-hybridized carbons (Fsp3) is 0.710. The number of rotatable bonds is 14. The van der Waals surface area contributed by atoms with Crippen molar-refractivity contribution in [1.82, 2.24) is 4.90 Å². The number of carboxylic acids is 1. The Bertz CT molecular complexity index is 750. The van der Waals surface area contributed by atoms with E-state index in [1.165, 1.54) is 0 Å². The third-order valence-electron chi connectivity index (χ3n) is 5.74. The lowest BCUT2D eigenvalue weighted by atomic mass is 9.70. The van der Waals surface area contributed by atoms with E-state index in [1.807, 2.05) is 37.4 Å². The molecule has 0 aromatic heterocycles. The van der Waals surface area contributed by atoms with E-state index in [2.05, 4.69) is 11.8 Å². The summed E-state index contributed by atoms with van der Waals surface area (Å²) in [5, 5.41) is 9.91. The van der Waals surface area contributed by atoms with Crippen LogP contribution < -0.4 is 0 Å². The van der Waals surface area contributed by atoms with E-state index in [1.54, 1.807) is 27.7 Å². The molecule has 0 heterocycles. The van der Waals surface area contributed by atoms with Crippen molar-refractivity contribution in [2.75, 3.05) is 26.7 Å². The molecule has 0 aliphatic carbocycles. The highest BCUT2D eigenvalue weighted by Gasteiger charge is 2.44. The zero-order valence-electron chi connectivity index (χ0n) is 20.3. The van der Waals surface area contributed by atoms with Gasteiger partial charge in [0.1, 0.15) is 6.61 Å². The van der Waals surface area contributed by atoms with Gasteiger partial charge in [-0.3, -0.25) is 14.4 Å². The third-order valence-corrected chi connectivity index (χ3v) is 5.74. The third kappa shape index (κ3) is 16.4. The molecule has 1 N–H and O–H groups in total. The monoisotopic (exact) mass is 545 g/mol. The summed E-state index contributed by atoms with van der Waals surface area (Å²) < 4.78 is 10.8. The van der Waals surface area contributed by atoms with Crippen LogP contribution in [0.25, 0.3) is 0 Å². The SMILES string of the molecule is C.C.C.C.C.C.CCN(C)CCCOC(=O)C(C)CC(C)(CC(C)(C)C(=O)OCc1ccccc1)C(=O)O. The van der Waals surface area contributed by atoms with Gasteiger partial charge >= 0.3 is 17.9 Å². The number of nitrogens with zero attached hydrogens (tertiary/aromatic N) is 1. The molecule has 7 heteroatoms. The van der Waals surface area contributed by atoms with Gasteiger partial charge in [-0.15, -0.1) is 0 Å². The Morgan fingerprint density at radius 2 is 1.47 bits per heavy atom. The molecular formula is C31H63NO6. The largest absolute Gasteiger partial charge is 0.481 e. The highest BCUT2D eigenvalue weighted by atomic mass is 16.5. The Hall–Kier alpha value is -2.41. The van der Waals surface area contributed by atoms with Crippen molar-refractivity contribution in [3.8, 4) is 0 Å². The molecule has 228 valence electrons. The van der Waals surface area contributed by atoms with Gasteiger partial charge in [-0.25, -0.2) is 0 Å². The second-order valence-corrected chi connectivity index (χ2v) is 9.51. The van der Waals surface area contributed by atoms with Gasteiger partial charge in [0.25, 0.3) is 0 Å². The second-order valence-electron chi connectivity index (χ2n) is 9.51. The number of benzene rings is 1. The van der Waals surface area contributed by atoms with E-state index >= 15 is 0 Å². The molecule has 0 saturated heterocycles. The molecule has 7 nitrogen and oxygen atoms in total. The zero-order valence-corrected chi connectivity index (χ0v) is 20.3. The van der Waals surface area contributed by atoms with Crippen LogP contribution in [0.5, 0.6) is 0 Å². The van der Waals surface area contributed by atoms with Crippen molar-refractivity contribution in [3.05, 3.63) is 35.9 Å². The minimum absolute atomic E-state index is 0. The lowest BCUT2D eigenvalue weighted by Crippen LogP contribution is -2.40. The van der Waals surface area contributed by atoms with E-state index in [0.717, 1.165) is 25.1 Å². The van der Waals surface area contributed by atoms with Crippen molar-refractivity contribution in [1.29, 1.82) is 0 Å². The van der Waals surface area contributed by atoms with Gasteiger partial charge in [0.2, 0.25) is 0 Å². The van der Waals surface area contributed by atoms with Crippen LogP contribution in [0.2, 0.25) is 0 Å². The van der Waals surface area contributed by atoms with E-state index in [-0.39, 0.29) is 64.0 Å². The molecule has 0 aliphatic rings. The molecule has 0 fully saturated rings. The summed E-state index contributed by atoms with van der Waals surface area (Å²) in [5.74, 6) is -2.54. The normalized spacial score (nSPS) is 12.2.